The standard InChI is InChI=1S/C21H30N2O2S/c1-5-8-9-18-10-13-20(14-11-18)26(24,25)22-21-15-12-19(16-17(21)4)23(6-2)7-3/h10-16,22H,5-9H2,1-4H3. The molecule has 0 saturated heterocycles. The molecule has 2 aromatic carbocycles. The average molecular weight is 375 g/mol. The molecule has 0 aliphatic heterocycles. The molecule has 4 nitrogen and oxygen atoms in total. The normalized spacial score (nSPS) is 11.4. The van der Waals surface area contributed by atoms with Crippen molar-refractivity contribution < 1.29 is 8.42 Å². The van der Waals surface area contributed by atoms with Crippen molar-refractivity contribution in [1.82, 2.24) is 0 Å². The van der Waals surface area contributed by atoms with Crippen molar-refractivity contribution in [2.24, 2.45) is 0 Å². The van der Waals surface area contributed by atoms with Crippen molar-refractivity contribution in [3.63, 3.8) is 0 Å². The highest BCUT2D eigenvalue weighted by atomic mass is 32.2. The Hall–Kier alpha value is -2.01. The van der Waals surface area contributed by atoms with Crippen molar-refractivity contribution >= 4 is 21.4 Å². The molecule has 0 aromatic heterocycles. The third-order valence-corrected chi connectivity index (χ3v) is 6.02. The molecule has 26 heavy (non-hydrogen) atoms. The van der Waals surface area contributed by atoms with Crippen LogP contribution in [0.15, 0.2) is 47.4 Å². The smallest absolute Gasteiger partial charge is 0.261 e. The summed E-state index contributed by atoms with van der Waals surface area (Å²) in [7, 11) is -3.58. The molecule has 1 N–H and O–H groups in total. The highest BCUT2D eigenvalue weighted by Crippen LogP contribution is 2.25. The molecule has 0 amide bonds. The number of rotatable bonds is 9. The molecule has 0 fully saturated rings. The van der Waals surface area contributed by atoms with E-state index >= 15 is 0 Å². The lowest BCUT2D eigenvalue weighted by Crippen LogP contribution is -2.22. The SMILES string of the molecule is CCCCc1ccc(S(=O)(=O)Nc2ccc(N(CC)CC)cc2C)cc1. The van der Waals surface area contributed by atoms with E-state index in [-0.39, 0.29) is 0 Å². The van der Waals surface area contributed by atoms with Crippen LogP contribution in [0.2, 0.25) is 0 Å². The van der Waals surface area contributed by atoms with Gasteiger partial charge >= 0.3 is 0 Å². The molecular weight excluding hydrogens is 344 g/mol. The van der Waals surface area contributed by atoms with Gasteiger partial charge in [-0.2, -0.15) is 0 Å². The monoisotopic (exact) mass is 374 g/mol. The predicted octanol–water partition coefficient (Wildman–Crippen LogP) is 4.98. The first kappa shape index (κ1) is 20.3. The van der Waals surface area contributed by atoms with Crippen LogP contribution in [0.25, 0.3) is 0 Å². The van der Waals surface area contributed by atoms with Crippen LogP contribution in [-0.2, 0) is 16.4 Å². The van der Waals surface area contributed by atoms with Crippen LogP contribution in [-0.4, -0.2) is 21.5 Å². The van der Waals surface area contributed by atoms with Crippen molar-refractivity contribution in [1.29, 1.82) is 0 Å². The molecule has 142 valence electrons. The van der Waals surface area contributed by atoms with Crippen LogP contribution in [0.1, 0.15) is 44.7 Å². The lowest BCUT2D eigenvalue weighted by molar-refractivity contribution is 0.601. The maximum atomic E-state index is 12.7. The molecule has 0 aliphatic carbocycles. The molecule has 5 heteroatoms. The van der Waals surface area contributed by atoms with Gasteiger partial charge in [0, 0.05) is 18.8 Å². The Bertz CT molecular complexity index is 810. The Morgan fingerprint density at radius 2 is 1.62 bits per heavy atom. The van der Waals surface area contributed by atoms with E-state index in [0.29, 0.717) is 10.6 Å². The first-order valence-corrected chi connectivity index (χ1v) is 10.9. The third kappa shape index (κ3) is 5.01. The molecule has 0 unspecified atom stereocenters. The molecular formula is C21H30N2O2S. The van der Waals surface area contributed by atoms with Crippen LogP contribution in [0.3, 0.4) is 0 Å². The maximum absolute atomic E-state index is 12.7. The van der Waals surface area contributed by atoms with Crippen LogP contribution in [0, 0.1) is 6.92 Å². The van der Waals surface area contributed by atoms with Gasteiger partial charge in [0.1, 0.15) is 0 Å². The van der Waals surface area contributed by atoms with Gasteiger partial charge in [-0.15, -0.1) is 0 Å². The highest BCUT2D eigenvalue weighted by Gasteiger charge is 2.16. The second kappa shape index (κ2) is 9.08. The Kier molecular flexibility index (Phi) is 7.09. The van der Waals surface area contributed by atoms with Crippen molar-refractivity contribution in [2.45, 2.75) is 51.9 Å². The van der Waals surface area contributed by atoms with E-state index in [9.17, 15) is 8.42 Å². The number of sulfonamides is 1. The number of unbranched alkanes of at least 4 members (excludes halogenated alkanes) is 1. The first-order chi connectivity index (χ1) is 12.4. The minimum atomic E-state index is -3.58. The Morgan fingerprint density at radius 1 is 0.962 bits per heavy atom. The summed E-state index contributed by atoms with van der Waals surface area (Å²) < 4.78 is 28.1. The zero-order valence-electron chi connectivity index (χ0n) is 16.2. The van der Waals surface area contributed by atoms with E-state index < -0.39 is 10.0 Å². The number of anilines is 2. The Balaban J connectivity index is 2.18. The molecule has 0 atom stereocenters. The Morgan fingerprint density at radius 3 is 2.15 bits per heavy atom. The molecule has 0 heterocycles. The summed E-state index contributed by atoms with van der Waals surface area (Å²) in [5.74, 6) is 0. The molecule has 0 aliphatic rings. The van der Waals surface area contributed by atoms with Gasteiger partial charge in [0.05, 0.1) is 10.6 Å². The lowest BCUT2D eigenvalue weighted by atomic mass is 10.1. The quantitative estimate of drug-likeness (QED) is 0.673. The van der Waals surface area contributed by atoms with Crippen LogP contribution < -0.4 is 9.62 Å². The van der Waals surface area contributed by atoms with Gasteiger partial charge in [-0.1, -0.05) is 25.5 Å². The van der Waals surface area contributed by atoms with E-state index in [4.69, 9.17) is 0 Å². The van der Waals surface area contributed by atoms with Crippen molar-refractivity contribution in [2.75, 3.05) is 22.7 Å². The van der Waals surface area contributed by atoms with Crippen LogP contribution >= 0.6 is 0 Å². The fourth-order valence-electron chi connectivity index (χ4n) is 2.97. The number of aryl methyl sites for hydroxylation is 2. The van der Waals surface area contributed by atoms with Gasteiger partial charge < -0.3 is 4.90 Å². The van der Waals surface area contributed by atoms with Crippen LogP contribution in [0.5, 0.6) is 0 Å². The summed E-state index contributed by atoms with van der Waals surface area (Å²) in [6.45, 7) is 10.1. The topological polar surface area (TPSA) is 49.4 Å². The number of hydrogen-bond acceptors (Lipinski definition) is 3. The molecule has 0 bridgehead atoms. The van der Waals surface area contributed by atoms with Gasteiger partial charge in [-0.25, -0.2) is 8.42 Å². The van der Waals surface area contributed by atoms with Gasteiger partial charge in [-0.3, -0.25) is 4.72 Å². The third-order valence-electron chi connectivity index (χ3n) is 4.64. The summed E-state index contributed by atoms with van der Waals surface area (Å²) in [4.78, 5) is 2.53. The van der Waals surface area contributed by atoms with E-state index in [1.165, 1.54) is 5.56 Å². The summed E-state index contributed by atoms with van der Waals surface area (Å²) in [5.41, 5.74) is 3.81. The average Bonchev–Trinajstić information content (AvgIpc) is 2.63. The fourth-order valence-corrected chi connectivity index (χ4v) is 4.10. The van der Waals surface area contributed by atoms with E-state index in [1.54, 1.807) is 12.1 Å². The van der Waals surface area contributed by atoms with Gasteiger partial charge in [-0.05, 0) is 75.1 Å². The molecule has 2 aromatic rings. The molecule has 0 radical (unpaired) electrons. The van der Waals surface area contributed by atoms with Gasteiger partial charge in [0.25, 0.3) is 10.0 Å². The van der Waals surface area contributed by atoms with Gasteiger partial charge in [0.2, 0.25) is 0 Å². The zero-order chi connectivity index (χ0) is 19.2. The summed E-state index contributed by atoms with van der Waals surface area (Å²) in [5, 5.41) is 0. The maximum Gasteiger partial charge on any atom is 0.261 e. The largest absolute Gasteiger partial charge is 0.372 e. The van der Waals surface area contributed by atoms with Crippen LogP contribution in [0.4, 0.5) is 11.4 Å². The first-order valence-electron chi connectivity index (χ1n) is 9.38. The minimum Gasteiger partial charge on any atom is -0.372 e. The predicted molar refractivity (Wildman–Crippen MR) is 111 cm³/mol. The second-order valence-corrected chi connectivity index (χ2v) is 8.21. The molecule has 2 rings (SSSR count). The number of benzene rings is 2. The number of hydrogen-bond donors (Lipinski definition) is 1. The van der Waals surface area contributed by atoms with E-state index in [2.05, 4.69) is 30.4 Å². The second-order valence-electron chi connectivity index (χ2n) is 6.52. The van der Waals surface area contributed by atoms with E-state index in [0.717, 1.165) is 43.6 Å². The molecule has 0 spiro atoms. The van der Waals surface area contributed by atoms with Crippen molar-refractivity contribution in [3.05, 3.63) is 53.6 Å². The molecule has 0 saturated carbocycles. The highest BCUT2D eigenvalue weighted by molar-refractivity contribution is 7.92. The van der Waals surface area contributed by atoms with Gasteiger partial charge in [0.15, 0.2) is 0 Å². The van der Waals surface area contributed by atoms with Crippen molar-refractivity contribution in [3.8, 4) is 0 Å². The Labute approximate surface area is 158 Å². The summed E-state index contributed by atoms with van der Waals surface area (Å²) in [6, 6.07) is 13.0. The minimum absolute atomic E-state index is 0.296. The zero-order valence-corrected chi connectivity index (χ0v) is 17.1. The van der Waals surface area contributed by atoms with E-state index in [1.807, 2.05) is 37.3 Å². The summed E-state index contributed by atoms with van der Waals surface area (Å²) >= 11 is 0. The fraction of sp³-hybridized carbons (Fsp3) is 0.429. The number of nitrogens with zero attached hydrogens (tertiary/aromatic N) is 1. The lowest BCUT2D eigenvalue weighted by Gasteiger charge is -2.22. The summed E-state index contributed by atoms with van der Waals surface area (Å²) in [6.07, 6.45) is 3.23. The number of nitrogens with one attached hydrogen (secondary N) is 1.